The van der Waals surface area contributed by atoms with Gasteiger partial charge in [0, 0.05) is 5.02 Å². The molecule has 2 aromatic rings. The number of alkyl carbamates (subject to hydrolysis) is 1. The van der Waals surface area contributed by atoms with Crippen molar-refractivity contribution in [2.75, 3.05) is 13.7 Å². The van der Waals surface area contributed by atoms with Crippen LogP contribution >= 0.6 is 34.8 Å². The molecule has 2 unspecified atom stereocenters. The fraction of sp³-hybridized carbons (Fsp3) is 0.400. The van der Waals surface area contributed by atoms with Crippen LogP contribution in [0.15, 0.2) is 36.4 Å². The molecule has 0 aliphatic carbocycles. The van der Waals surface area contributed by atoms with Crippen LogP contribution in [0.5, 0.6) is 0 Å². The van der Waals surface area contributed by atoms with Crippen molar-refractivity contribution in [3.8, 4) is 0 Å². The van der Waals surface area contributed by atoms with Gasteiger partial charge in [0.15, 0.2) is 0 Å². The number of benzene rings is 2. The molecule has 0 bridgehead atoms. The van der Waals surface area contributed by atoms with Gasteiger partial charge >= 0.3 is 12.1 Å². The largest absolute Gasteiger partial charge is 0.467 e. The number of amides is 2. The normalized spacial score (nSPS) is 12.9. The maximum absolute atomic E-state index is 12.9. The second-order valence-corrected chi connectivity index (χ2v) is 10.2. The Morgan fingerprint density at radius 3 is 2.25 bits per heavy atom. The van der Waals surface area contributed by atoms with Gasteiger partial charge in [0.2, 0.25) is 0 Å². The summed E-state index contributed by atoms with van der Waals surface area (Å²) in [6.45, 7) is 4.78. The molecule has 3 N–H and O–H groups in total. The Hall–Kier alpha value is -2.52. The first kappa shape index (κ1) is 29.7. The predicted molar refractivity (Wildman–Crippen MR) is 139 cm³/mol. The molecule has 2 atom stereocenters. The van der Waals surface area contributed by atoms with Crippen molar-refractivity contribution < 1.29 is 29.0 Å². The smallest absolute Gasteiger partial charge is 0.407 e. The van der Waals surface area contributed by atoms with Gasteiger partial charge in [-0.15, -0.1) is 0 Å². The van der Waals surface area contributed by atoms with Crippen LogP contribution in [-0.2, 0) is 20.7 Å². The van der Waals surface area contributed by atoms with E-state index in [1.54, 1.807) is 26.8 Å². The maximum atomic E-state index is 12.9. The molecule has 0 aromatic heterocycles. The number of aliphatic hydroxyl groups is 1. The highest BCUT2D eigenvalue weighted by Crippen LogP contribution is 2.31. The monoisotopic (exact) mass is 558 g/mol. The topological polar surface area (TPSA) is 114 Å². The van der Waals surface area contributed by atoms with Crippen molar-refractivity contribution >= 4 is 52.8 Å². The van der Waals surface area contributed by atoms with Crippen molar-refractivity contribution in [3.05, 3.63) is 68.2 Å². The third kappa shape index (κ3) is 9.17. The van der Waals surface area contributed by atoms with Gasteiger partial charge in [0.1, 0.15) is 11.6 Å². The van der Waals surface area contributed by atoms with E-state index >= 15 is 0 Å². The van der Waals surface area contributed by atoms with E-state index < -0.39 is 35.7 Å². The van der Waals surface area contributed by atoms with E-state index in [-0.39, 0.29) is 22.2 Å². The Morgan fingerprint density at radius 1 is 1.06 bits per heavy atom. The average Bonchev–Trinajstić information content (AvgIpc) is 2.78. The molecule has 0 saturated heterocycles. The molecule has 36 heavy (non-hydrogen) atoms. The van der Waals surface area contributed by atoms with Gasteiger partial charge in [-0.1, -0.05) is 46.9 Å². The van der Waals surface area contributed by atoms with Crippen LogP contribution in [0.1, 0.15) is 54.8 Å². The van der Waals surface area contributed by atoms with Crippen LogP contribution in [0.25, 0.3) is 0 Å². The third-order valence-corrected chi connectivity index (χ3v) is 5.74. The van der Waals surface area contributed by atoms with E-state index in [1.165, 1.54) is 12.1 Å². The summed E-state index contributed by atoms with van der Waals surface area (Å²) in [5.74, 6) is -1.55. The zero-order valence-corrected chi connectivity index (χ0v) is 22.6. The van der Waals surface area contributed by atoms with E-state index in [2.05, 4.69) is 10.6 Å². The lowest BCUT2D eigenvalue weighted by Gasteiger charge is -2.22. The van der Waals surface area contributed by atoms with Crippen molar-refractivity contribution in [1.82, 2.24) is 10.6 Å². The molecule has 0 fully saturated rings. The maximum Gasteiger partial charge on any atom is 0.407 e. The molecule has 0 heterocycles. The first-order chi connectivity index (χ1) is 16.8. The molecule has 2 aromatic carbocycles. The Bertz CT molecular complexity index is 1080. The molecule has 0 aliphatic rings. The highest BCUT2D eigenvalue weighted by Gasteiger charge is 2.27. The SMILES string of the molecule is COC(=O)C(CNC(=O)OC(C)(C)C)NC(=O)c1c(Cl)cc(C(O)CCc2cccc(Cl)c2)cc1Cl. The zero-order valence-electron chi connectivity index (χ0n) is 20.4. The van der Waals surface area contributed by atoms with Gasteiger partial charge in [-0.3, -0.25) is 4.79 Å². The molecule has 8 nitrogen and oxygen atoms in total. The Labute approximate surface area is 225 Å². The lowest BCUT2D eigenvalue weighted by Crippen LogP contribution is -2.49. The van der Waals surface area contributed by atoms with E-state index in [9.17, 15) is 19.5 Å². The van der Waals surface area contributed by atoms with E-state index in [0.29, 0.717) is 23.4 Å². The fourth-order valence-corrected chi connectivity index (χ4v) is 4.12. The van der Waals surface area contributed by atoms with E-state index in [0.717, 1.165) is 12.7 Å². The van der Waals surface area contributed by atoms with Crippen LogP contribution in [0, 0.1) is 0 Å². The predicted octanol–water partition coefficient (Wildman–Crippen LogP) is 5.11. The lowest BCUT2D eigenvalue weighted by molar-refractivity contribution is -0.142. The molecule has 196 valence electrons. The molecular formula is C25H29Cl3N2O6. The average molecular weight is 560 g/mol. The summed E-state index contributed by atoms with van der Waals surface area (Å²) in [6, 6.07) is 8.97. The van der Waals surface area contributed by atoms with Crippen LogP contribution in [0.3, 0.4) is 0 Å². The number of halogens is 3. The first-order valence-electron chi connectivity index (χ1n) is 11.1. The number of hydrogen-bond donors (Lipinski definition) is 3. The lowest BCUT2D eigenvalue weighted by atomic mass is 10.00. The minimum Gasteiger partial charge on any atom is -0.467 e. The third-order valence-electron chi connectivity index (χ3n) is 4.91. The molecule has 2 amide bonds. The second kappa shape index (κ2) is 13.1. The summed E-state index contributed by atoms with van der Waals surface area (Å²) in [5.41, 5.74) is 0.564. The number of carbonyl (C=O) groups is 3. The minimum absolute atomic E-state index is 0.0134. The molecule has 0 aliphatic heterocycles. The number of aryl methyl sites for hydroxylation is 1. The molecule has 0 saturated carbocycles. The quantitative estimate of drug-likeness (QED) is 0.368. The first-order valence-corrected chi connectivity index (χ1v) is 12.2. The Morgan fingerprint density at radius 2 is 1.69 bits per heavy atom. The number of nitrogens with one attached hydrogen (secondary N) is 2. The number of hydrogen-bond acceptors (Lipinski definition) is 6. The minimum atomic E-state index is -1.23. The summed E-state index contributed by atoms with van der Waals surface area (Å²) in [6.07, 6.45) is -0.723. The van der Waals surface area contributed by atoms with Gasteiger partial charge in [-0.05, 0) is 69.0 Å². The highest BCUT2D eigenvalue weighted by molar-refractivity contribution is 6.39. The standard InChI is InChI=1S/C25H29Cl3N2O6/c1-25(2,3)36-24(34)29-13-19(23(33)35-4)30-22(32)21-17(27)11-15(12-18(21)28)20(31)9-8-14-6-5-7-16(26)10-14/h5-7,10-12,19-20,31H,8-9,13H2,1-4H3,(H,29,34)(H,30,32). The number of esters is 1. The number of aliphatic hydroxyl groups excluding tert-OH is 1. The van der Waals surface area contributed by atoms with Crippen molar-refractivity contribution in [2.24, 2.45) is 0 Å². The summed E-state index contributed by atoms with van der Waals surface area (Å²) in [5, 5.41) is 16.1. The van der Waals surface area contributed by atoms with Gasteiger partial charge in [0.05, 0.1) is 35.4 Å². The number of ether oxygens (including phenoxy) is 2. The fourth-order valence-electron chi connectivity index (χ4n) is 3.23. The van der Waals surface area contributed by atoms with E-state index in [4.69, 9.17) is 44.3 Å². The van der Waals surface area contributed by atoms with Crippen LogP contribution in [0.4, 0.5) is 4.79 Å². The van der Waals surface area contributed by atoms with E-state index in [1.807, 2.05) is 18.2 Å². The number of rotatable bonds is 9. The van der Waals surface area contributed by atoms with Gasteiger partial charge in [-0.25, -0.2) is 9.59 Å². The zero-order chi connectivity index (χ0) is 27.0. The van der Waals surface area contributed by atoms with Gasteiger partial charge in [-0.2, -0.15) is 0 Å². The van der Waals surface area contributed by atoms with Crippen molar-refractivity contribution in [1.29, 1.82) is 0 Å². The second-order valence-electron chi connectivity index (χ2n) is 8.98. The van der Waals surface area contributed by atoms with Crippen molar-refractivity contribution in [2.45, 2.75) is 51.4 Å². The van der Waals surface area contributed by atoms with Gasteiger partial charge < -0.3 is 25.2 Å². The van der Waals surface area contributed by atoms with Crippen molar-refractivity contribution in [3.63, 3.8) is 0 Å². The molecular weight excluding hydrogens is 531 g/mol. The number of methoxy groups -OCH3 is 1. The van der Waals surface area contributed by atoms with Crippen LogP contribution < -0.4 is 10.6 Å². The van der Waals surface area contributed by atoms with Crippen LogP contribution in [0.2, 0.25) is 15.1 Å². The summed E-state index contributed by atoms with van der Waals surface area (Å²) < 4.78 is 9.84. The van der Waals surface area contributed by atoms with Gasteiger partial charge in [0.25, 0.3) is 5.91 Å². The molecule has 0 spiro atoms. The summed E-state index contributed by atoms with van der Waals surface area (Å²) >= 11 is 18.7. The Kier molecular flexibility index (Phi) is 10.8. The van der Waals surface area contributed by atoms with Crippen LogP contribution in [-0.4, -0.2) is 48.4 Å². The summed E-state index contributed by atoms with van der Waals surface area (Å²) in [4.78, 5) is 37.0. The molecule has 0 radical (unpaired) electrons. The molecule has 2 rings (SSSR count). The summed E-state index contributed by atoms with van der Waals surface area (Å²) in [7, 11) is 1.15. The highest BCUT2D eigenvalue weighted by atomic mass is 35.5. The number of carbonyl (C=O) groups excluding carboxylic acids is 3. The Balaban J connectivity index is 2.10. The molecule has 11 heteroatoms.